The van der Waals surface area contributed by atoms with Crippen LogP contribution in [0.5, 0.6) is 0 Å². The zero-order valence-electron chi connectivity index (χ0n) is 11.3. The number of hydrogen-bond acceptors (Lipinski definition) is 3. The molecule has 3 rings (SSSR count). The van der Waals surface area contributed by atoms with Crippen LogP contribution in [0, 0.1) is 6.92 Å². The largest absolute Gasteiger partial charge is 0.451 e. The minimum absolute atomic E-state index is 0.241. The summed E-state index contributed by atoms with van der Waals surface area (Å²) in [7, 11) is 0. The molecule has 0 fully saturated rings. The van der Waals surface area contributed by atoms with Gasteiger partial charge in [0, 0.05) is 21.8 Å². The van der Waals surface area contributed by atoms with Crippen molar-refractivity contribution in [2.45, 2.75) is 6.92 Å². The van der Waals surface area contributed by atoms with Crippen molar-refractivity contribution in [1.29, 1.82) is 0 Å². The molecule has 2 aromatic carbocycles. The normalized spacial score (nSPS) is 10.8. The second-order valence-corrected chi connectivity index (χ2v) is 5.26. The van der Waals surface area contributed by atoms with Gasteiger partial charge in [0.1, 0.15) is 5.58 Å². The summed E-state index contributed by atoms with van der Waals surface area (Å²) in [6.45, 7) is 1.88. The van der Waals surface area contributed by atoms with Gasteiger partial charge in [0.2, 0.25) is 0 Å². The van der Waals surface area contributed by atoms with E-state index < -0.39 is 0 Å². The summed E-state index contributed by atoms with van der Waals surface area (Å²) >= 11 is 5.90. The standard InChI is InChI=1S/C16H13ClN2O2/c1-9-6-11(17)2-4-13(9)19-16(20)15-8-10-7-12(18)3-5-14(10)21-15/h2-8H,18H2,1H3,(H,19,20). The number of carbonyl (C=O) groups is 1. The Bertz CT molecular complexity index is 839. The Labute approximate surface area is 126 Å². The molecule has 21 heavy (non-hydrogen) atoms. The lowest BCUT2D eigenvalue weighted by molar-refractivity contribution is 0.0998. The maximum Gasteiger partial charge on any atom is 0.291 e. The van der Waals surface area contributed by atoms with Gasteiger partial charge < -0.3 is 15.5 Å². The fourth-order valence-corrected chi connectivity index (χ4v) is 2.35. The van der Waals surface area contributed by atoms with E-state index in [1.165, 1.54) is 0 Å². The van der Waals surface area contributed by atoms with Crippen LogP contribution in [0.2, 0.25) is 5.02 Å². The number of fused-ring (bicyclic) bond motifs is 1. The van der Waals surface area contributed by atoms with E-state index in [2.05, 4.69) is 5.32 Å². The van der Waals surface area contributed by atoms with Crippen LogP contribution in [-0.4, -0.2) is 5.91 Å². The summed E-state index contributed by atoms with van der Waals surface area (Å²) in [5, 5.41) is 4.24. The average molecular weight is 301 g/mol. The number of hydrogen-bond donors (Lipinski definition) is 2. The zero-order valence-corrected chi connectivity index (χ0v) is 12.1. The molecule has 0 aliphatic carbocycles. The van der Waals surface area contributed by atoms with Crippen LogP contribution < -0.4 is 11.1 Å². The molecule has 4 nitrogen and oxygen atoms in total. The van der Waals surface area contributed by atoms with E-state index in [1.54, 1.807) is 42.5 Å². The molecular formula is C16H13ClN2O2. The minimum atomic E-state index is -0.310. The van der Waals surface area contributed by atoms with E-state index >= 15 is 0 Å². The second kappa shape index (κ2) is 5.14. The molecule has 0 atom stereocenters. The van der Waals surface area contributed by atoms with E-state index in [9.17, 15) is 4.79 Å². The van der Waals surface area contributed by atoms with E-state index in [0.29, 0.717) is 22.0 Å². The average Bonchev–Trinajstić information content (AvgIpc) is 2.85. The van der Waals surface area contributed by atoms with Crippen molar-refractivity contribution in [3.8, 4) is 0 Å². The lowest BCUT2D eigenvalue weighted by Gasteiger charge is -2.06. The Morgan fingerprint density at radius 1 is 1.19 bits per heavy atom. The van der Waals surface area contributed by atoms with E-state index in [4.69, 9.17) is 21.8 Å². The third-order valence-electron chi connectivity index (χ3n) is 3.20. The third kappa shape index (κ3) is 2.71. The molecule has 0 spiro atoms. The Balaban J connectivity index is 1.89. The van der Waals surface area contributed by atoms with E-state index in [-0.39, 0.29) is 11.7 Å². The Morgan fingerprint density at radius 3 is 2.76 bits per heavy atom. The number of carbonyl (C=O) groups excluding carboxylic acids is 1. The second-order valence-electron chi connectivity index (χ2n) is 4.82. The monoisotopic (exact) mass is 300 g/mol. The molecule has 0 bridgehead atoms. The van der Waals surface area contributed by atoms with Crippen LogP contribution in [-0.2, 0) is 0 Å². The summed E-state index contributed by atoms with van der Waals surface area (Å²) in [4.78, 5) is 12.2. The van der Waals surface area contributed by atoms with Crippen LogP contribution in [0.15, 0.2) is 46.9 Å². The van der Waals surface area contributed by atoms with Crippen LogP contribution >= 0.6 is 11.6 Å². The smallest absolute Gasteiger partial charge is 0.291 e. The number of halogens is 1. The number of aryl methyl sites for hydroxylation is 1. The number of nitrogen functional groups attached to an aromatic ring is 1. The molecule has 3 aromatic rings. The molecule has 5 heteroatoms. The molecule has 0 unspecified atom stereocenters. The van der Waals surface area contributed by atoms with Crippen LogP contribution in [0.4, 0.5) is 11.4 Å². The maximum atomic E-state index is 12.2. The maximum absolute atomic E-state index is 12.2. The fraction of sp³-hybridized carbons (Fsp3) is 0.0625. The van der Waals surface area contributed by atoms with Gasteiger partial charge in [-0.05, 0) is 55.0 Å². The molecule has 0 saturated heterocycles. The summed E-state index contributed by atoms with van der Waals surface area (Å²) in [6, 6.07) is 12.2. The molecule has 0 radical (unpaired) electrons. The van der Waals surface area contributed by atoms with Gasteiger partial charge in [-0.2, -0.15) is 0 Å². The van der Waals surface area contributed by atoms with Gasteiger partial charge in [-0.3, -0.25) is 4.79 Å². The first-order chi connectivity index (χ1) is 10.0. The van der Waals surface area contributed by atoms with Crippen molar-refractivity contribution in [1.82, 2.24) is 0 Å². The summed E-state index contributed by atoms with van der Waals surface area (Å²) < 4.78 is 5.53. The first kappa shape index (κ1) is 13.5. The zero-order chi connectivity index (χ0) is 15.0. The van der Waals surface area contributed by atoms with Crippen LogP contribution in [0.25, 0.3) is 11.0 Å². The van der Waals surface area contributed by atoms with Gasteiger partial charge in [-0.25, -0.2) is 0 Å². The summed E-state index contributed by atoms with van der Waals surface area (Å²) in [5.41, 5.74) is 8.55. The molecule has 1 amide bonds. The minimum Gasteiger partial charge on any atom is -0.451 e. The first-order valence-corrected chi connectivity index (χ1v) is 6.77. The Kier molecular flexibility index (Phi) is 3.31. The molecule has 106 valence electrons. The fourth-order valence-electron chi connectivity index (χ4n) is 2.12. The summed E-state index contributed by atoms with van der Waals surface area (Å²) in [6.07, 6.45) is 0. The number of furan rings is 1. The summed E-state index contributed by atoms with van der Waals surface area (Å²) in [5.74, 6) is -0.0693. The molecule has 3 N–H and O–H groups in total. The van der Waals surface area contributed by atoms with Gasteiger partial charge in [0.05, 0.1) is 0 Å². The third-order valence-corrected chi connectivity index (χ3v) is 3.44. The number of rotatable bonds is 2. The van der Waals surface area contributed by atoms with Crippen molar-refractivity contribution in [2.75, 3.05) is 11.1 Å². The highest BCUT2D eigenvalue weighted by molar-refractivity contribution is 6.30. The SMILES string of the molecule is Cc1cc(Cl)ccc1NC(=O)c1cc2cc(N)ccc2o1. The highest BCUT2D eigenvalue weighted by Crippen LogP contribution is 2.24. The Hall–Kier alpha value is -2.46. The van der Waals surface area contributed by atoms with E-state index in [0.717, 1.165) is 10.9 Å². The Morgan fingerprint density at radius 2 is 2.00 bits per heavy atom. The topological polar surface area (TPSA) is 68.3 Å². The predicted molar refractivity (Wildman–Crippen MR) is 84.8 cm³/mol. The van der Waals surface area contributed by atoms with Crippen molar-refractivity contribution < 1.29 is 9.21 Å². The molecule has 0 aliphatic rings. The van der Waals surface area contributed by atoms with Crippen molar-refractivity contribution >= 4 is 39.9 Å². The van der Waals surface area contributed by atoms with Crippen LogP contribution in [0.1, 0.15) is 16.1 Å². The highest BCUT2D eigenvalue weighted by Gasteiger charge is 2.13. The van der Waals surface area contributed by atoms with E-state index in [1.807, 2.05) is 6.92 Å². The lowest BCUT2D eigenvalue weighted by atomic mass is 10.2. The van der Waals surface area contributed by atoms with Gasteiger partial charge in [0.15, 0.2) is 5.76 Å². The van der Waals surface area contributed by atoms with Crippen molar-refractivity contribution in [2.24, 2.45) is 0 Å². The lowest BCUT2D eigenvalue weighted by Crippen LogP contribution is -2.11. The number of nitrogens with two attached hydrogens (primary N) is 1. The molecule has 1 heterocycles. The quantitative estimate of drug-likeness (QED) is 0.696. The number of benzene rings is 2. The van der Waals surface area contributed by atoms with Gasteiger partial charge in [-0.1, -0.05) is 11.6 Å². The predicted octanol–water partition coefficient (Wildman–Crippen LogP) is 4.23. The van der Waals surface area contributed by atoms with Crippen molar-refractivity contribution in [3.63, 3.8) is 0 Å². The molecule has 0 aliphatic heterocycles. The first-order valence-electron chi connectivity index (χ1n) is 6.39. The van der Waals surface area contributed by atoms with Gasteiger partial charge >= 0.3 is 0 Å². The number of nitrogens with one attached hydrogen (secondary N) is 1. The molecule has 0 saturated carbocycles. The highest BCUT2D eigenvalue weighted by atomic mass is 35.5. The van der Waals surface area contributed by atoms with Gasteiger partial charge in [0.25, 0.3) is 5.91 Å². The molecular weight excluding hydrogens is 288 g/mol. The van der Waals surface area contributed by atoms with Crippen LogP contribution in [0.3, 0.4) is 0 Å². The number of anilines is 2. The molecule has 1 aromatic heterocycles. The van der Waals surface area contributed by atoms with Crippen molar-refractivity contribution in [3.05, 3.63) is 58.8 Å². The van der Waals surface area contributed by atoms with Gasteiger partial charge in [-0.15, -0.1) is 0 Å². The number of amides is 1.